The highest BCUT2D eigenvalue weighted by molar-refractivity contribution is 7.91. The number of carbonyl (C=O) groups excluding carboxylic acids is 2. The number of aliphatic hydroxyl groups is 5. The number of carbonyl (C=O) groups is 2. The summed E-state index contributed by atoms with van der Waals surface area (Å²) in [5.41, 5.74) is 7.14. The number of benzene rings is 6. The molecular formula is C109H125F4N10O17PS. The van der Waals surface area contributed by atoms with Crippen molar-refractivity contribution in [3.63, 3.8) is 0 Å². The molecule has 0 unspecified atom stereocenters. The van der Waals surface area contributed by atoms with Crippen LogP contribution in [-0.2, 0) is 72.3 Å². The largest absolute Gasteiger partial charge is 0.490 e. The summed E-state index contributed by atoms with van der Waals surface area (Å²) in [6.07, 6.45) is 11.1. The number of aromatic amines is 2. The lowest BCUT2D eigenvalue weighted by molar-refractivity contribution is -0.112. The Balaban J connectivity index is 0.000000162. The van der Waals surface area contributed by atoms with Crippen molar-refractivity contribution in [1.29, 1.82) is 0 Å². The topological polar surface area (TPSA) is 385 Å². The van der Waals surface area contributed by atoms with Gasteiger partial charge in [-0.15, -0.1) is 0 Å². The first-order valence-corrected chi connectivity index (χ1v) is 49.9. The third-order valence-corrected chi connectivity index (χ3v) is 29.7. The van der Waals surface area contributed by atoms with Crippen molar-refractivity contribution in [2.75, 3.05) is 58.3 Å². The number of nitrogens with zero attached hydrogens (tertiary/aromatic N) is 8. The van der Waals surface area contributed by atoms with E-state index in [0.717, 1.165) is 69.2 Å². The molecule has 5 aliphatic rings. The lowest BCUT2D eigenvalue weighted by Gasteiger charge is -2.26. The highest BCUT2D eigenvalue weighted by Gasteiger charge is 2.47. The Morgan fingerprint density at radius 2 is 0.937 bits per heavy atom. The van der Waals surface area contributed by atoms with Gasteiger partial charge >= 0.3 is 7.60 Å². The molecule has 7 N–H and O–H groups in total. The van der Waals surface area contributed by atoms with Gasteiger partial charge in [0.2, 0.25) is 0 Å². The molecule has 0 spiro atoms. The van der Waals surface area contributed by atoms with E-state index in [0.29, 0.717) is 141 Å². The Bertz CT molecular complexity index is 6810. The normalized spacial score (nSPS) is 19.1. The van der Waals surface area contributed by atoms with Gasteiger partial charge in [0.25, 0.3) is 0 Å². The minimum atomic E-state index is -3.49. The number of halogens is 4. The van der Waals surface area contributed by atoms with E-state index in [2.05, 4.69) is 47.3 Å². The van der Waals surface area contributed by atoms with Crippen LogP contribution in [0.3, 0.4) is 0 Å². The van der Waals surface area contributed by atoms with Crippen molar-refractivity contribution in [3.8, 4) is 73.8 Å². The zero-order chi connectivity index (χ0) is 101. The fraction of sp³-hybridized carbons (Fsp3) is 0.376. The van der Waals surface area contributed by atoms with E-state index < -0.39 is 67.4 Å². The van der Waals surface area contributed by atoms with Crippen LogP contribution in [0.15, 0.2) is 210 Å². The molecular weight excluding hydrogens is 1860 g/mol. The number of hydrogen-bond donors (Lipinski definition) is 7. The predicted octanol–water partition coefficient (Wildman–Crippen LogP) is 21.0. The maximum atomic E-state index is 13.8. The second-order valence-corrected chi connectivity index (χ2v) is 41.5. The summed E-state index contributed by atoms with van der Waals surface area (Å²) in [6.45, 7) is 27.4. The number of H-pyrrole nitrogens is 2. The number of aromatic nitrogens is 9. The lowest BCUT2D eigenvalue weighted by atomic mass is 9.79. The number of fused-ring (bicyclic) bond motifs is 5. The highest BCUT2D eigenvalue weighted by atomic mass is 32.2. The van der Waals surface area contributed by atoms with Crippen LogP contribution in [0.25, 0.3) is 55.9 Å². The summed E-state index contributed by atoms with van der Waals surface area (Å²) < 4.78 is 130. The second-order valence-electron chi connectivity index (χ2n) is 37.5. The average molecular weight is 1990 g/mol. The standard InChI is InChI=1S/C34H31FN4O4.C21H22FN3O2.C19H22FNO3.C19H20FNO3.C14H22NO5PS.2CH4/c1-33(28-12-15-37-39-28)19-42-32-25(33)18-29(38-31(32)20-5-7-23(35)8-6-20)34(2,41)13-11-26(40)22-16-21-4-3-14-36-30(21)27(17-22)43-24-9-10-24;1-4-21(3,26)17-11-15-19(18(24-17)13-5-7-14(22)8-6-13)27-12-20(15,2)16-9-10-23-25-16;2*1-4-19(3,23)15-9-14-17(24-11-18(14,2)10-22)16(21-15)12-5-7-13(20)8-6-12;1-4-19-21(16,20-5-2)11-10-15-12-22(17,18)14-8-6-13(3)7-9-14;;/h3-8,12,14-18,24,41H,9-11,13,19H2,1-2H3,(H,37,39);5-11,26H,4,12H2,1-3H3,(H,23,25);5-9,22-23H,4,10-11H2,1-3H3;5-10,23H,4,11H2,1-3H3;6-10H,4-5,11-12H2,1-3H3;2*1H4/t33-,34-;20-,21-;2*18-,19-;;;/m0000.../s1. The molecule has 0 amide bonds. The van der Waals surface area contributed by atoms with Crippen molar-refractivity contribution >= 4 is 46.6 Å². The number of pyridine rings is 5. The number of rotatable bonds is 30. The molecule has 0 radical (unpaired) electrons. The molecule has 752 valence electrons. The van der Waals surface area contributed by atoms with Gasteiger partial charge in [-0.3, -0.25) is 29.5 Å². The Labute approximate surface area is 825 Å². The van der Waals surface area contributed by atoms with Crippen LogP contribution in [0.4, 0.5) is 17.6 Å². The first-order chi connectivity index (χ1) is 66.5. The van der Waals surface area contributed by atoms with Gasteiger partial charge in [-0.25, -0.2) is 45.9 Å². The van der Waals surface area contributed by atoms with Gasteiger partial charge in [0.1, 0.15) is 141 Å². The molecule has 33 heteroatoms. The van der Waals surface area contributed by atoms with Crippen LogP contribution in [0.1, 0.15) is 222 Å². The molecule has 0 bridgehead atoms. The van der Waals surface area contributed by atoms with Crippen LogP contribution in [-0.4, -0.2) is 162 Å². The minimum Gasteiger partial charge on any atom is -0.490 e. The van der Waals surface area contributed by atoms with Gasteiger partial charge in [0.15, 0.2) is 15.6 Å². The molecule has 1 aliphatic carbocycles. The molecule has 8 atom stereocenters. The van der Waals surface area contributed by atoms with Crippen LogP contribution in [0.2, 0.25) is 0 Å². The van der Waals surface area contributed by atoms with Gasteiger partial charge in [0, 0.05) is 98.1 Å². The van der Waals surface area contributed by atoms with Crippen LogP contribution >= 0.6 is 7.60 Å². The van der Waals surface area contributed by atoms with Crippen molar-refractivity contribution in [2.24, 2.45) is 4.99 Å². The second kappa shape index (κ2) is 44.1. The van der Waals surface area contributed by atoms with Crippen LogP contribution in [0.5, 0.6) is 28.7 Å². The Kier molecular flexibility index (Phi) is 33.6. The third-order valence-electron chi connectivity index (χ3n) is 26.3. The Hall–Kier alpha value is -12.6. The number of nitrogens with one attached hydrogen (secondary N) is 2. The van der Waals surface area contributed by atoms with Crippen molar-refractivity contribution < 1.29 is 98.4 Å². The first-order valence-electron chi connectivity index (χ1n) is 46.5. The summed E-state index contributed by atoms with van der Waals surface area (Å²) in [5, 5.41) is 68.9. The first kappa shape index (κ1) is 108. The molecule has 11 heterocycles. The predicted molar refractivity (Wildman–Crippen MR) is 537 cm³/mol. The maximum Gasteiger partial charge on any atom is 0.335 e. The quantitative estimate of drug-likeness (QED) is 0.00723. The number of aryl methyl sites for hydroxylation is 1. The molecule has 7 aromatic heterocycles. The van der Waals surface area contributed by atoms with Gasteiger partial charge in [-0.1, -0.05) is 59.4 Å². The summed E-state index contributed by atoms with van der Waals surface area (Å²) in [6, 6.07) is 49.2. The van der Waals surface area contributed by atoms with Crippen molar-refractivity contribution in [1.82, 2.24) is 45.3 Å². The van der Waals surface area contributed by atoms with E-state index in [1.165, 1.54) is 54.7 Å². The SMILES string of the molecule is C.C.CCOP(=O)(CC=NCS(=O)(=O)c1ccc(C)cc1)OCC.CC[C@](C)(O)c1cc2c(c(-c3ccc(F)cc3)n1)OC[C@]2(C)C=O.CC[C@](C)(O)c1cc2c(c(-c3ccc(F)cc3)n1)OC[C@]2(C)CO.CC[C@](C)(O)c1cc2c(c(-c3ccc(F)cc3)n1)OC[C@]2(C)c1ccn[nH]1.C[C@]1(c2ccn[nH]2)COc2c1cc([C@@](C)(O)CCC(=O)c1cc(OC3CC3)c3ncccc3c1)nc2-c1ccc(F)cc1. The fourth-order valence-corrected chi connectivity index (χ4v) is 18.7. The van der Waals surface area contributed by atoms with E-state index in [-0.39, 0.29) is 100 Å². The molecule has 1 saturated carbocycles. The zero-order valence-electron chi connectivity index (χ0n) is 80.7. The van der Waals surface area contributed by atoms with E-state index in [4.69, 9.17) is 42.7 Å². The third kappa shape index (κ3) is 23.6. The Morgan fingerprint density at radius 3 is 1.34 bits per heavy atom. The number of ether oxygens (including phenoxy) is 5. The number of aliphatic hydroxyl groups excluding tert-OH is 1. The van der Waals surface area contributed by atoms with Crippen molar-refractivity contribution in [2.45, 2.75) is 212 Å². The van der Waals surface area contributed by atoms with E-state index in [9.17, 15) is 65.7 Å². The lowest BCUT2D eigenvalue weighted by Crippen LogP contribution is -2.29. The van der Waals surface area contributed by atoms with E-state index >= 15 is 0 Å². The fourth-order valence-electron chi connectivity index (χ4n) is 16.3. The molecule has 6 aromatic carbocycles. The molecule has 4 aliphatic heterocycles. The molecule has 18 rings (SSSR count). The number of Topliss-reactive ketones (excluding diaryl/α,β-unsaturated/α-hetero) is 1. The Morgan fingerprint density at radius 1 is 0.535 bits per heavy atom. The maximum absolute atomic E-state index is 13.8. The molecule has 1 fully saturated rings. The van der Waals surface area contributed by atoms with Gasteiger partial charge < -0.3 is 63.1 Å². The number of aliphatic imine (C=N–C) groups is 1. The molecule has 142 heavy (non-hydrogen) atoms. The number of aldehydes is 1. The smallest absolute Gasteiger partial charge is 0.335 e. The van der Waals surface area contributed by atoms with E-state index in [1.807, 2.05) is 90.1 Å². The molecule has 0 saturated heterocycles. The number of sulfone groups is 1. The monoisotopic (exact) mass is 1980 g/mol. The van der Waals surface area contributed by atoms with Crippen LogP contribution in [0, 0.1) is 30.2 Å². The number of hydrogen-bond acceptors (Lipinski definition) is 25. The van der Waals surface area contributed by atoms with E-state index in [1.54, 1.807) is 152 Å². The minimum absolute atomic E-state index is 0. The van der Waals surface area contributed by atoms with Gasteiger partial charge in [0.05, 0.1) is 81.4 Å². The van der Waals surface area contributed by atoms with Crippen LogP contribution < -0.4 is 23.7 Å². The molecule has 27 nitrogen and oxygen atoms in total. The molecule has 13 aromatic rings. The summed E-state index contributed by atoms with van der Waals surface area (Å²) >= 11 is 0. The summed E-state index contributed by atoms with van der Waals surface area (Å²) in [4.78, 5) is 52.4. The van der Waals surface area contributed by atoms with Gasteiger partial charge in [-0.05, 0) is 278 Å². The zero-order valence-corrected chi connectivity index (χ0v) is 82.4. The van der Waals surface area contributed by atoms with Gasteiger partial charge in [-0.2, -0.15) is 10.2 Å². The number of ketones is 1. The highest BCUT2D eigenvalue weighted by Crippen LogP contribution is 2.53. The summed E-state index contributed by atoms with van der Waals surface area (Å²) in [5.74, 6) is 1.11. The summed E-state index contributed by atoms with van der Waals surface area (Å²) in [7, 11) is -6.71. The van der Waals surface area contributed by atoms with Crippen molar-refractivity contribution in [3.05, 3.63) is 291 Å². The average Bonchev–Trinajstić information content (AvgIpc) is 1.59.